The predicted octanol–water partition coefficient (Wildman–Crippen LogP) is 0.263. The number of amides is 2. The lowest BCUT2D eigenvalue weighted by Crippen LogP contribution is -2.41. The van der Waals surface area contributed by atoms with Gasteiger partial charge in [0.2, 0.25) is 11.8 Å². The van der Waals surface area contributed by atoms with Gasteiger partial charge in [-0.1, -0.05) is 6.92 Å². The van der Waals surface area contributed by atoms with E-state index in [1.807, 2.05) is 6.92 Å². The Bertz CT molecular complexity index is 468. The molecule has 0 aromatic rings. The molecule has 150 valence electrons. The first kappa shape index (κ1) is 24.0. The maximum Gasteiger partial charge on any atom is 0.326 e. The molecule has 3 N–H and O–H groups in total. The van der Waals surface area contributed by atoms with Crippen LogP contribution < -0.4 is 10.6 Å². The van der Waals surface area contributed by atoms with E-state index in [0.717, 1.165) is 0 Å². The van der Waals surface area contributed by atoms with E-state index in [1.54, 1.807) is 6.92 Å². The standard InChI is InChI=1S/C17H30N2O7/c1-4-5-16(22)19-14(17(23)24)6-7-15(21)18-8-9-25-11-13(3)26-10-12(2)20/h13-14H,4-11H2,1-3H3,(H,18,21)(H,19,22)(H,23,24). The average molecular weight is 374 g/mol. The molecular formula is C17H30N2O7. The molecule has 0 fully saturated rings. The molecular weight excluding hydrogens is 344 g/mol. The van der Waals surface area contributed by atoms with Gasteiger partial charge in [0.05, 0.1) is 19.3 Å². The summed E-state index contributed by atoms with van der Waals surface area (Å²) in [5.41, 5.74) is 0. The van der Waals surface area contributed by atoms with Gasteiger partial charge in [-0.2, -0.15) is 0 Å². The van der Waals surface area contributed by atoms with Crippen molar-refractivity contribution in [3.63, 3.8) is 0 Å². The Balaban J connectivity index is 3.88. The van der Waals surface area contributed by atoms with E-state index in [9.17, 15) is 19.2 Å². The summed E-state index contributed by atoms with van der Waals surface area (Å²) >= 11 is 0. The molecule has 9 heteroatoms. The fraction of sp³-hybridized carbons (Fsp3) is 0.765. The Kier molecular flexibility index (Phi) is 13.1. The SMILES string of the molecule is CCCC(=O)NC(CCC(=O)NCCOCC(C)OCC(C)=O)C(=O)O. The van der Waals surface area contributed by atoms with Crippen LogP contribution in [-0.4, -0.2) is 67.2 Å². The maximum absolute atomic E-state index is 11.7. The number of carboxylic acid groups (broad SMARTS) is 1. The third-order valence-electron chi connectivity index (χ3n) is 3.26. The zero-order chi connectivity index (χ0) is 19.9. The van der Waals surface area contributed by atoms with Crippen LogP contribution in [0.2, 0.25) is 0 Å². The minimum absolute atomic E-state index is 0.0124. The molecule has 26 heavy (non-hydrogen) atoms. The van der Waals surface area contributed by atoms with Crippen LogP contribution in [0.3, 0.4) is 0 Å². The van der Waals surface area contributed by atoms with Crippen molar-refractivity contribution in [1.82, 2.24) is 10.6 Å². The number of aliphatic carboxylic acids is 1. The fourth-order valence-electron chi connectivity index (χ4n) is 1.93. The highest BCUT2D eigenvalue weighted by molar-refractivity contribution is 5.84. The number of hydrogen-bond donors (Lipinski definition) is 3. The molecule has 2 unspecified atom stereocenters. The van der Waals surface area contributed by atoms with Crippen molar-refractivity contribution in [2.24, 2.45) is 0 Å². The fourth-order valence-corrected chi connectivity index (χ4v) is 1.93. The molecule has 0 saturated carbocycles. The quantitative estimate of drug-likeness (QED) is 0.350. The van der Waals surface area contributed by atoms with Gasteiger partial charge in [-0.3, -0.25) is 14.4 Å². The van der Waals surface area contributed by atoms with Gasteiger partial charge in [0.15, 0.2) is 5.78 Å². The second-order valence-corrected chi connectivity index (χ2v) is 6.00. The van der Waals surface area contributed by atoms with E-state index in [4.69, 9.17) is 14.6 Å². The van der Waals surface area contributed by atoms with Gasteiger partial charge in [-0.05, 0) is 26.7 Å². The molecule has 0 aliphatic rings. The van der Waals surface area contributed by atoms with Gasteiger partial charge in [-0.15, -0.1) is 0 Å². The first-order valence-corrected chi connectivity index (χ1v) is 8.73. The summed E-state index contributed by atoms with van der Waals surface area (Å²) in [6.45, 7) is 5.93. The van der Waals surface area contributed by atoms with Crippen molar-refractivity contribution in [2.45, 2.75) is 58.6 Å². The number of ether oxygens (including phenoxy) is 2. The van der Waals surface area contributed by atoms with E-state index in [-0.39, 0.29) is 62.7 Å². The number of hydrogen-bond acceptors (Lipinski definition) is 6. The number of nitrogens with one attached hydrogen (secondary N) is 2. The second-order valence-electron chi connectivity index (χ2n) is 6.00. The van der Waals surface area contributed by atoms with Crippen molar-refractivity contribution in [3.05, 3.63) is 0 Å². The Morgan fingerprint density at radius 3 is 2.38 bits per heavy atom. The highest BCUT2D eigenvalue weighted by atomic mass is 16.5. The Hall–Kier alpha value is -2.00. The lowest BCUT2D eigenvalue weighted by atomic mass is 10.1. The topological polar surface area (TPSA) is 131 Å². The number of carbonyl (C=O) groups is 4. The maximum atomic E-state index is 11.7. The molecule has 0 radical (unpaired) electrons. The minimum Gasteiger partial charge on any atom is -0.480 e. The molecule has 0 aliphatic carbocycles. The largest absolute Gasteiger partial charge is 0.480 e. The van der Waals surface area contributed by atoms with Gasteiger partial charge in [0, 0.05) is 19.4 Å². The lowest BCUT2D eigenvalue weighted by molar-refractivity contribution is -0.142. The monoisotopic (exact) mass is 374 g/mol. The van der Waals surface area contributed by atoms with Crippen molar-refractivity contribution < 1.29 is 33.8 Å². The van der Waals surface area contributed by atoms with Crippen LogP contribution in [0, 0.1) is 0 Å². The molecule has 0 saturated heterocycles. The molecule has 2 amide bonds. The van der Waals surface area contributed by atoms with Crippen LogP contribution in [0.4, 0.5) is 0 Å². The normalized spacial score (nSPS) is 12.9. The van der Waals surface area contributed by atoms with E-state index < -0.39 is 12.0 Å². The molecule has 2 atom stereocenters. The number of ketones is 1. The van der Waals surface area contributed by atoms with Crippen LogP contribution in [0.25, 0.3) is 0 Å². The van der Waals surface area contributed by atoms with E-state index in [2.05, 4.69) is 10.6 Å². The van der Waals surface area contributed by atoms with Crippen molar-refractivity contribution in [1.29, 1.82) is 0 Å². The lowest BCUT2D eigenvalue weighted by Gasteiger charge is -2.14. The van der Waals surface area contributed by atoms with Crippen LogP contribution >= 0.6 is 0 Å². The summed E-state index contributed by atoms with van der Waals surface area (Å²) < 4.78 is 10.5. The van der Waals surface area contributed by atoms with Crippen LogP contribution in [0.1, 0.15) is 46.5 Å². The van der Waals surface area contributed by atoms with Gasteiger partial charge in [-0.25, -0.2) is 4.79 Å². The average Bonchev–Trinajstić information content (AvgIpc) is 2.56. The number of carbonyl (C=O) groups excluding carboxylic acids is 3. The van der Waals surface area contributed by atoms with Crippen molar-refractivity contribution in [2.75, 3.05) is 26.4 Å². The molecule has 0 aliphatic heterocycles. The highest BCUT2D eigenvalue weighted by Crippen LogP contribution is 2.00. The molecule has 0 rings (SSSR count). The molecule has 0 heterocycles. The summed E-state index contributed by atoms with van der Waals surface area (Å²) in [6.07, 6.45) is 0.658. The molecule has 0 spiro atoms. The number of rotatable bonds is 15. The van der Waals surface area contributed by atoms with Gasteiger partial charge in [0.1, 0.15) is 12.6 Å². The minimum atomic E-state index is -1.16. The van der Waals surface area contributed by atoms with Crippen molar-refractivity contribution >= 4 is 23.6 Å². The van der Waals surface area contributed by atoms with E-state index in [1.165, 1.54) is 6.92 Å². The third-order valence-corrected chi connectivity index (χ3v) is 3.26. The summed E-state index contributed by atoms with van der Waals surface area (Å²) in [5.74, 6) is -1.87. The Morgan fingerprint density at radius 2 is 1.81 bits per heavy atom. The van der Waals surface area contributed by atoms with Gasteiger partial charge < -0.3 is 25.2 Å². The Labute approximate surface area is 153 Å². The van der Waals surface area contributed by atoms with Crippen LogP contribution in [-0.2, 0) is 28.7 Å². The summed E-state index contributed by atoms with van der Waals surface area (Å²) in [6, 6.07) is -1.07. The Morgan fingerprint density at radius 1 is 1.12 bits per heavy atom. The van der Waals surface area contributed by atoms with Gasteiger partial charge in [0.25, 0.3) is 0 Å². The van der Waals surface area contributed by atoms with Crippen LogP contribution in [0.5, 0.6) is 0 Å². The highest BCUT2D eigenvalue weighted by Gasteiger charge is 2.20. The summed E-state index contributed by atoms with van der Waals surface area (Å²) in [4.78, 5) is 45.1. The van der Waals surface area contributed by atoms with E-state index in [0.29, 0.717) is 13.0 Å². The number of Topliss-reactive ketones (excluding diaryl/α,β-unsaturated/α-hetero) is 1. The van der Waals surface area contributed by atoms with Gasteiger partial charge >= 0.3 is 5.97 Å². The smallest absolute Gasteiger partial charge is 0.326 e. The van der Waals surface area contributed by atoms with Crippen LogP contribution in [0.15, 0.2) is 0 Å². The summed E-state index contributed by atoms with van der Waals surface area (Å²) in [7, 11) is 0. The molecule has 0 aromatic carbocycles. The number of carboxylic acids is 1. The first-order valence-electron chi connectivity index (χ1n) is 8.73. The van der Waals surface area contributed by atoms with E-state index >= 15 is 0 Å². The second kappa shape index (κ2) is 14.2. The predicted molar refractivity (Wildman–Crippen MR) is 93.6 cm³/mol. The third kappa shape index (κ3) is 13.3. The first-order chi connectivity index (χ1) is 12.3. The zero-order valence-corrected chi connectivity index (χ0v) is 15.7. The molecule has 0 bridgehead atoms. The molecule has 0 aromatic heterocycles. The summed E-state index contributed by atoms with van der Waals surface area (Å²) in [5, 5.41) is 14.1. The van der Waals surface area contributed by atoms with Crippen molar-refractivity contribution in [3.8, 4) is 0 Å². The zero-order valence-electron chi connectivity index (χ0n) is 15.7. The molecule has 9 nitrogen and oxygen atoms in total.